The monoisotopic (exact) mass is 326 g/mol. The average Bonchev–Trinajstić information content (AvgIpc) is 2.69. The van der Waals surface area contributed by atoms with Gasteiger partial charge in [0.1, 0.15) is 5.82 Å². The minimum atomic E-state index is 0.790. The van der Waals surface area contributed by atoms with Crippen molar-refractivity contribution in [2.45, 2.75) is 6.42 Å². The first-order chi connectivity index (χ1) is 12.4. The largest absolute Gasteiger partial charge is 0.368 e. The number of pyridine rings is 1. The Hall–Kier alpha value is -3.27. The van der Waals surface area contributed by atoms with Gasteiger partial charge in [0.2, 0.25) is 0 Å². The van der Waals surface area contributed by atoms with E-state index in [-0.39, 0.29) is 0 Å². The molecule has 0 aliphatic rings. The van der Waals surface area contributed by atoms with E-state index in [0.29, 0.717) is 0 Å². The number of nitrogens with one attached hydrogen (secondary N) is 1. The molecule has 0 bridgehead atoms. The van der Waals surface area contributed by atoms with Crippen LogP contribution < -0.4 is 5.32 Å². The van der Waals surface area contributed by atoms with E-state index in [4.69, 9.17) is 0 Å². The highest BCUT2D eigenvalue weighted by molar-refractivity contribution is 5.86. The predicted molar refractivity (Wildman–Crippen MR) is 101 cm³/mol. The van der Waals surface area contributed by atoms with Gasteiger partial charge in [-0.2, -0.15) is 0 Å². The van der Waals surface area contributed by atoms with Gasteiger partial charge in [-0.05, 0) is 41.0 Å². The molecule has 0 aliphatic carbocycles. The molecule has 0 aliphatic heterocycles. The van der Waals surface area contributed by atoms with Crippen molar-refractivity contribution >= 4 is 16.6 Å². The van der Waals surface area contributed by atoms with Crippen LogP contribution in [0.15, 0.2) is 79.4 Å². The van der Waals surface area contributed by atoms with E-state index in [1.807, 2.05) is 42.9 Å². The van der Waals surface area contributed by atoms with Gasteiger partial charge in [0.15, 0.2) is 0 Å². The van der Waals surface area contributed by atoms with Crippen molar-refractivity contribution in [3.63, 3.8) is 0 Å². The second-order valence-electron chi connectivity index (χ2n) is 5.88. The van der Waals surface area contributed by atoms with Gasteiger partial charge in [0.05, 0.1) is 18.1 Å². The van der Waals surface area contributed by atoms with E-state index < -0.39 is 0 Å². The number of aromatic nitrogens is 3. The highest BCUT2D eigenvalue weighted by atomic mass is 15.0. The minimum absolute atomic E-state index is 0.790. The molecule has 2 heterocycles. The third-order valence-corrected chi connectivity index (χ3v) is 4.17. The first-order valence-corrected chi connectivity index (χ1v) is 8.32. The fraction of sp³-hybridized carbons (Fsp3) is 0.0952. The van der Waals surface area contributed by atoms with Gasteiger partial charge in [0, 0.05) is 24.5 Å². The molecule has 0 radical (unpaired) electrons. The Morgan fingerprint density at radius 2 is 1.64 bits per heavy atom. The Balaban J connectivity index is 1.44. The molecule has 4 aromatic rings. The molecule has 0 saturated carbocycles. The van der Waals surface area contributed by atoms with Gasteiger partial charge in [-0.1, -0.05) is 36.4 Å². The van der Waals surface area contributed by atoms with E-state index in [1.165, 1.54) is 16.3 Å². The Labute approximate surface area is 146 Å². The summed E-state index contributed by atoms with van der Waals surface area (Å²) >= 11 is 0. The van der Waals surface area contributed by atoms with Crippen LogP contribution in [0.25, 0.3) is 22.0 Å². The number of rotatable bonds is 5. The van der Waals surface area contributed by atoms with E-state index in [0.717, 1.165) is 30.0 Å². The first-order valence-electron chi connectivity index (χ1n) is 8.32. The molecule has 4 rings (SSSR count). The second-order valence-corrected chi connectivity index (χ2v) is 5.88. The number of hydrogen-bond donors (Lipinski definition) is 1. The van der Waals surface area contributed by atoms with Crippen molar-refractivity contribution < 1.29 is 0 Å². The molecule has 2 aromatic heterocycles. The lowest BCUT2D eigenvalue weighted by Crippen LogP contribution is -2.06. The molecule has 4 heteroatoms. The lowest BCUT2D eigenvalue weighted by atomic mass is 10.1. The molecule has 1 N–H and O–H groups in total. The third kappa shape index (κ3) is 3.63. The number of nitrogens with zero attached hydrogens (tertiary/aromatic N) is 3. The average molecular weight is 326 g/mol. The Morgan fingerprint density at radius 1 is 0.800 bits per heavy atom. The summed E-state index contributed by atoms with van der Waals surface area (Å²) in [4.78, 5) is 13.1. The van der Waals surface area contributed by atoms with Crippen LogP contribution >= 0.6 is 0 Å². The molecule has 0 amide bonds. The summed E-state index contributed by atoms with van der Waals surface area (Å²) in [5.74, 6) is 0.790. The maximum atomic E-state index is 4.55. The van der Waals surface area contributed by atoms with Gasteiger partial charge in [-0.3, -0.25) is 9.97 Å². The molecule has 25 heavy (non-hydrogen) atoms. The Morgan fingerprint density at radius 3 is 2.44 bits per heavy atom. The molecular weight excluding hydrogens is 308 g/mol. The fourth-order valence-electron chi connectivity index (χ4n) is 2.80. The Bertz CT molecular complexity index is 966. The van der Waals surface area contributed by atoms with Gasteiger partial charge >= 0.3 is 0 Å². The van der Waals surface area contributed by atoms with Crippen LogP contribution in [0.2, 0.25) is 0 Å². The molecule has 4 nitrogen and oxygen atoms in total. The van der Waals surface area contributed by atoms with Gasteiger partial charge < -0.3 is 5.32 Å². The summed E-state index contributed by atoms with van der Waals surface area (Å²) in [6.07, 6.45) is 8.16. The number of anilines is 1. The van der Waals surface area contributed by atoms with Crippen LogP contribution in [0.4, 0.5) is 5.82 Å². The molecule has 0 atom stereocenters. The molecule has 2 aromatic carbocycles. The number of fused-ring (bicyclic) bond motifs is 1. The molecule has 122 valence electrons. The minimum Gasteiger partial charge on any atom is -0.368 e. The van der Waals surface area contributed by atoms with Crippen molar-refractivity contribution in [2.75, 3.05) is 11.9 Å². The van der Waals surface area contributed by atoms with Crippen LogP contribution in [0.5, 0.6) is 0 Å². The Kier molecular flexibility index (Phi) is 4.33. The van der Waals surface area contributed by atoms with Gasteiger partial charge in [0.25, 0.3) is 0 Å². The SMILES string of the molecule is c1ccc2cc(-c3cnc(NCCc4ccncc4)cn3)ccc2c1. The van der Waals surface area contributed by atoms with Gasteiger partial charge in [-0.15, -0.1) is 0 Å². The summed E-state index contributed by atoms with van der Waals surface area (Å²) < 4.78 is 0. The van der Waals surface area contributed by atoms with Crippen LogP contribution in [-0.4, -0.2) is 21.5 Å². The lowest BCUT2D eigenvalue weighted by molar-refractivity contribution is 0.995. The number of benzene rings is 2. The zero-order valence-electron chi connectivity index (χ0n) is 13.8. The fourth-order valence-corrected chi connectivity index (χ4v) is 2.80. The summed E-state index contributed by atoms with van der Waals surface area (Å²) in [6, 6.07) is 18.7. The summed E-state index contributed by atoms with van der Waals surface area (Å²) in [5.41, 5.74) is 3.21. The molecule has 0 fully saturated rings. The number of hydrogen-bond acceptors (Lipinski definition) is 4. The van der Waals surface area contributed by atoms with Gasteiger partial charge in [-0.25, -0.2) is 4.98 Å². The van der Waals surface area contributed by atoms with Crippen molar-refractivity contribution in [1.29, 1.82) is 0 Å². The van der Waals surface area contributed by atoms with Crippen LogP contribution in [0.1, 0.15) is 5.56 Å². The zero-order valence-corrected chi connectivity index (χ0v) is 13.8. The maximum Gasteiger partial charge on any atom is 0.144 e. The molecule has 0 unspecified atom stereocenters. The van der Waals surface area contributed by atoms with Crippen molar-refractivity contribution in [3.05, 3.63) is 84.9 Å². The summed E-state index contributed by atoms with van der Waals surface area (Å²) in [7, 11) is 0. The summed E-state index contributed by atoms with van der Waals surface area (Å²) in [6.45, 7) is 0.814. The van der Waals surface area contributed by atoms with Crippen molar-refractivity contribution in [2.24, 2.45) is 0 Å². The van der Waals surface area contributed by atoms with E-state index >= 15 is 0 Å². The lowest BCUT2D eigenvalue weighted by Gasteiger charge is -2.07. The smallest absolute Gasteiger partial charge is 0.144 e. The first kappa shape index (κ1) is 15.3. The summed E-state index contributed by atoms with van der Waals surface area (Å²) in [5, 5.41) is 5.75. The zero-order chi connectivity index (χ0) is 16.9. The highest BCUT2D eigenvalue weighted by Crippen LogP contribution is 2.22. The topological polar surface area (TPSA) is 50.7 Å². The molecule has 0 saturated heterocycles. The normalized spacial score (nSPS) is 10.7. The van der Waals surface area contributed by atoms with E-state index in [1.54, 1.807) is 6.20 Å². The van der Waals surface area contributed by atoms with Crippen LogP contribution in [-0.2, 0) is 6.42 Å². The van der Waals surface area contributed by atoms with Crippen LogP contribution in [0, 0.1) is 0 Å². The van der Waals surface area contributed by atoms with E-state index in [2.05, 4.69) is 50.6 Å². The standard InChI is InChI=1S/C21H18N4/c1-2-4-18-13-19(6-5-17(18)3-1)20-14-25-21(15-24-20)23-12-9-16-7-10-22-11-8-16/h1-8,10-11,13-15H,9,12H2,(H,23,25). The second kappa shape index (κ2) is 7.09. The molecule has 0 spiro atoms. The molecular formula is C21H18N4. The van der Waals surface area contributed by atoms with Crippen LogP contribution in [0.3, 0.4) is 0 Å². The van der Waals surface area contributed by atoms with Crippen molar-refractivity contribution in [3.8, 4) is 11.3 Å². The predicted octanol–water partition coefficient (Wildman–Crippen LogP) is 4.35. The van der Waals surface area contributed by atoms with Crippen molar-refractivity contribution in [1.82, 2.24) is 15.0 Å². The highest BCUT2D eigenvalue weighted by Gasteiger charge is 2.02. The maximum absolute atomic E-state index is 4.55. The van der Waals surface area contributed by atoms with E-state index in [9.17, 15) is 0 Å². The third-order valence-electron chi connectivity index (χ3n) is 4.17. The quantitative estimate of drug-likeness (QED) is 0.592.